The van der Waals surface area contributed by atoms with Crippen molar-refractivity contribution in [3.63, 3.8) is 0 Å². The summed E-state index contributed by atoms with van der Waals surface area (Å²) in [4.78, 5) is 4.05. The summed E-state index contributed by atoms with van der Waals surface area (Å²) in [7, 11) is 3.59. The first-order chi connectivity index (χ1) is 13.3. The molecule has 146 valence electrons. The molecular weight excluding hydrogens is 369 g/mol. The highest BCUT2D eigenvalue weighted by Gasteiger charge is 2.30. The van der Waals surface area contributed by atoms with E-state index in [2.05, 4.69) is 10.1 Å². The van der Waals surface area contributed by atoms with E-state index in [1.165, 1.54) is 6.07 Å². The number of halogens is 3. The van der Waals surface area contributed by atoms with Gasteiger partial charge in [-0.3, -0.25) is 4.57 Å². The molecule has 0 bridgehead atoms. The molecule has 2 aromatic carbocycles. The second-order valence-corrected chi connectivity index (χ2v) is 6.22. The predicted molar refractivity (Wildman–Crippen MR) is 100 cm³/mol. The molecule has 0 saturated heterocycles. The number of hydrazone groups is 1. The van der Waals surface area contributed by atoms with E-state index in [0.29, 0.717) is 22.7 Å². The Kier molecular flexibility index (Phi) is 5.67. The van der Waals surface area contributed by atoms with Gasteiger partial charge in [0.05, 0.1) is 11.1 Å². The first-order valence-corrected chi connectivity index (χ1v) is 8.47. The van der Waals surface area contributed by atoms with Gasteiger partial charge in [0.1, 0.15) is 18.7 Å². The van der Waals surface area contributed by atoms with Gasteiger partial charge in [0, 0.05) is 26.5 Å². The number of imidazole rings is 1. The van der Waals surface area contributed by atoms with Crippen LogP contribution in [0, 0.1) is 0 Å². The monoisotopic (exact) mass is 388 g/mol. The van der Waals surface area contributed by atoms with Gasteiger partial charge in [-0.2, -0.15) is 18.3 Å². The summed E-state index contributed by atoms with van der Waals surface area (Å²) >= 11 is 0. The molecule has 0 atom stereocenters. The van der Waals surface area contributed by atoms with Crippen molar-refractivity contribution in [3.05, 3.63) is 83.9 Å². The van der Waals surface area contributed by atoms with Gasteiger partial charge in [-0.15, -0.1) is 0 Å². The lowest BCUT2D eigenvalue weighted by Gasteiger charge is -2.16. The molecule has 0 N–H and O–H groups in total. The summed E-state index contributed by atoms with van der Waals surface area (Å²) in [5.41, 5.74) is 0.426. The molecule has 0 aliphatic heterocycles. The Morgan fingerprint density at radius 3 is 2.61 bits per heavy atom. The van der Waals surface area contributed by atoms with Gasteiger partial charge in [-0.05, 0) is 29.8 Å². The van der Waals surface area contributed by atoms with Gasteiger partial charge in [-0.1, -0.05) is 24.3 Å². The van der Waals surface area contributed by atoms with E-state index in [-0.39, 0.29) is 6.61 Å². The summed E-state index contributed by atoms with van der Waals surface area (Å²) in [6.07, 6.45) is 0.621. The fourth-order valence-electron chi connectivity index (χ4n) is 2.59. The molecule has 0 aliphatic carbocycles. The van der Waals surface area contributed by atoms with Crippen molar-refractivity contribution in [3.8, 4) is 5.75 Å². The highest BCUT2D eigenvalue weighted by Crippen LogP contribution is 2.30. The van der Waals surface area contributed by atoms with Crippen LogP contribution in [0.2, 0.25) is 0 Å². The van der Waals surface area contributed by atoms with Gasteiger partial charge >= 0.3 is 6.18 Å². The summed E-state index contributed by atoms with van der Waals surface area (Å²) < 4.78 is 46.3. The summed E-state index contributed by atoms with van der Waals surface area (Å²) in [6, 6.07) is 12.3. The van der Waals surface area contributed by atoms with Crippen molar-refractivity contribution >= 4 is 5.84 Å². The molecule has 0 fully saturated rings. The largest absolute Gasteiger partial charge is 0.488 e. The molecule has 3 rings (SSSR count). The zero-order valence-electron chi connectivity index (χ0n) is 15.4. The lowest BCUT2D eigenvalue weighted by Crippen LogP contribution is -2.18. The van der Waals surface area contributed by atoms with Crippen LogP contribution in [0.3, 0.4) is 0 Å². The lowest BCUT2D eigenvalue weighted by atomic mass is 10.1. The van der Waals surface area contributed by atoms with Crippen molar-refractivity contribution in [2.24, 2.45) is 5.10 Å². The van der Waals surface area contributed by atoms with E-state index < -0.39 is 11.7 Å². The molecular formula is C20H19F3N4O. The average Bonchev–Trinajstić information content (AvgIpc) is 3.19. The number of para-hydroxylation sites is 1. The SMILES string of the molecule is CN(C)/N=C(/c1ccccc1OCc1cccc(C(F)(F)F)c1)n1ccnc1. The van der Waals surface area contributed by atoms with Crippen molar-refractivity contribution in [1.29, 1.82) is 0 Å². The van der Waals surface area contributed by atoms with Crippen LogP contribution in [0.15, 0.2) is 72.4 Å². The van der Waals surface area contributed by atoms with E-state index in [0.717, 1.165) is 12.1 Å². The number of aromatic nitrogens is 2. The maximum absolute atomic E-state index is 12.9. The van der Waals surface area contributed by atoms with Crippen LogP contribution in [0.4, 0.5) is 13.2 Å². The molecule has 0 saturated carbocycles. The van der Waals surface area contributed by atoms with Crippen molar-refractivity contribution < 1.29 is 17.9 Å². The lowest BCUT2D eigenvalue weighted by molar-refractivity contribution is -0.137. The number of ether oxygens (including phenoxy) is 1. The molecule has 3 aromatic rings. The topological polar surface area (TPSA) is 42.6 Å². The van der Waals surface area contributed by atoms with Crippen LogP contribution in [-0.2, 0) is 12.8 Å². The predicted octanol–water partition coefficient (Wildman–Crippen LogP) is 4.25. The fraction of sp³-hybridized carbons (Fsp3) is 0.200. The van der Waals surface area contributed by atoms with Crippen molar-refractivity contribution in [1.82, 2.24) is 14.6 Å². The average molecular weight is 388 g/mol. The van der Waals surface area contributed by atoms with Crippen molar-refractivity contribution in [2.75, 3.05) is 14.1 Å². The number of hydrogen-bond donors (Lipinski definition) is 0. The summed E-state index contributed by atoms with van der Waals surface area (Å²) in [5.74, 6) is 1.09. The van der Waals surface area contributed by atoms with E-state index in [1.54, 1.807) is 60.6 Å². The Morgan fingerprint density at radius 1 is 1.14 bits per heavy atom. The highest BCUT2D eigenvalue weighted by atomic mass is 19.4. The third kappa shape index (κ3) is 4.70. The first-order valence-electron chi connectivity index (χ1n) is 8.47. The van der Waals surface area contributed by atoms with Gasteiger partial charge in [0.2, 0.25) is 0 Å². The minimum atomic E-state index is -4.39. The Morgan fingerprint density at radius 2 is 1.93 bits per heavy atom. The van der Waals surface area contributed by atoms with E-state index in [9.17, 15) is 13.2 Å². The third-order valence-corrected chi connectivity index (χ3v) is 3.82. The van der Waals surface area contributed by atoms with Crippen LogP contribution in [0.1, 0.15) is 16.7 Å². The molecule has 0 spiro atoms. The molecule has 0 unspecified atom stereocenters. The smallest absolute Gasteiger partial charge is 0.416 e. The number of hydrogen-bond acceptors (Lipinski definition) is 4. The number of rotatable bonds is 5. The van der Waals surface area contributed by atoms with Crippen LogP contribution in [0.5, 0.6) is 5.75 Å². The Bertz CT molecular complexity index is 950. The maximum Gasteiger partial charge on any atom is 0.416 e. The number of alkyl halides is 3. The molecule has 1 aromatic heterocycles. The summed E-state index contributed by atoms with van der Waals surface area (Å²) in [5, 5.41) is 6.15. The Hall–Kier alpha value is -3.29. The minimum absolute atomic E-state index is 0.000105. The van der Waals surface area contributed by atoms with Gasteiger partial charge in [0.15, 0.2) is 5.84 Å². The maximum atomic E-state index is 12.9. The standard InChI is InChI=1S/C20H19F3N4O/c1-26(2)25-19(27-11-10-24-14-27)17-8-3-4-9-18(17)28-13-15-6-5-7-16(12-15)20(21,22)23/h3-12,14H,13H2,1-2H3/b25-19-. The minimum Gasteiger partial charge on any atom is -0.488 e. The van der Waals surface area contributed by atoms with Gasteiger partial charge in [-0.25, -0.2) is 4.98 Å². The molecule has 1 heterocycles. The number of benzene rings is 2. The van der Waals surface area contributed by atoms with E-state index >= 15 is 0 Å². The number of nitrogens with zero attached hydrogens (tertiary/aromatic N) is 4. The molecule has 0 radical (unpaired) electrons. The second-order valence-electron chi connectivity index (χ2n) is 6.22. The fourth-order valence-corrected chi connectivity index (χ4v) is 2.59. The Labute approximate surface area is 160 Å². The molecule has 5 nitrogen and oxygen atoms in total. The first kappa shape index (κ1) is 19.5. The van der Waals surface area contributed by atoms with Crippen LogP contribution in [0.25, 0.3) is 0 Å². The second kappa shape index (κ2) is 8.16. The van der Waals surface area contributed by atoms with Crippen molar-refractivity contribution in [2.45, 2.75) is 12.8 Å². The molecule has 28 heavy (non-hydrogen) atoms. The van der Waals surface area contributed by atoms with Crippen LogP contribution in [-0.4, -0.2) is 34.5 Å². The quantitative estimate of drug-likeness (QED) is 0.373. The highest BCUT2D eigenvalue weighted by molar-refractivity contribution is 6.02. The van der Waals surface area contributed by atoms with Crippen LogP contribution >= 0.6 is 0 Å². The Balaban J connectivity index is 1.89. The summed E-state index contributed by atoms with van der Waals surface area (Å²) in [6.45, 7) is 0.000105. The molecule has 0 amide bonds. The van der Waals surface area contributed by atoms with Gasteiger partial charge < -0.3 is 9.75 Å². The third-order valence-electron chi connectivity index (χ3n) is 3.82. The zero-order valence-corrected chi connectivity index (χ0v) is 15.4. The normalized spacial score (nSPS) is 12.1. The zero-order chi connectivity index (χ0) is 20.1. The van der Waals surface area contributed by atoms with Crippen LogP contribution < -0.4 is 4.74 Å². The van der Waals surface area contributed by atoms with Gasteiger partial charge in [0.25, 0.3) is 0 Å². The van der Waals surface area contributed by atoms with E-state index in [4.69, 9.17) is 4.74 Å². The van der Waals surface area contributed by atoms with E-state index in [1.807, 2.05) is 12.1 Å². The molecule has 8 heteroatoms. The molecule has 0 aliphatic rings.